The monoisotopic (exact) mass is 246 g/mol. The second-order valence-corrected chi connectivity index (χ2v) is 6.14. The highest BCUT2D eigenvalue weighted by atomic mass is 32.2. The average molecular weight is 246 g/mol. The molecular formula is C12H26N2OS. The molecule has 16 heavy (non-hydrogen) atoms. The largest absolute Gasteiger partial charge is 0.396 e. The van der Waals surface area contributed by atoms with Gasteiger partial charge in [0, 0.05) is 23.9 Å². The number of aliphatic hydroxyl groups is 1. The number of unbranched alkanes of at least 4 members (excludes halogenated alkanes) is 2. The zero-order chi connectivity index (χ0) is 11.9. The van der Waals surface area contributed by atoms with Crippen LogP contribution in [0.25, 0.3) is 0 Å². The maximum Gasteiger partial charge on any atom is 0.0431 e. The van der Waals surface area contributed by atoms with Crippen molar-refractivity contribution in [3.63, 3.8) is 0 Å². The second-order valence-electron chi connectivity index (χ2n) is 4.69. The fourth-order valence-electron chi connectivity index (χ4n) is 2.33. The van der Waals surface area contributed by atoms with E-state index in [9.17, 15) is 0 Å². The van der Waals surface area contributed by atoms with Crippen molar-refractivity contribution in [2.24, 2.45) is 5.73 Å². The molecule has 0 aromatic heterocycles. The van der Waals surface area contributed by atoms with Crippen LogP contribution in [0.2, 0.25) is 0 Å². The molecule has 4 N–H and O–H groups in total. The highest BCUT2D eigenvalue weighted by molar-refractivity contribution is 8.00. The molecule has 1 aliphatic heterocycles. The first-order valence-electron chi connectivity index (χ1n) is 6.43. The molecule has 0 aromatic carbocycles. The van der Waals surface area contributed by atoms with E-state index >= 15 is 0 Å². The zero-order valence-corrected chi connectivity index (χ0v) is 11.2. The third kappa shape index (κ3) is 3.91. The SMILES string of the molecule is CC1SCCCC1(CN)NCCCCCO. The van der Waals surface area contributed by atoms with E-state index < -0.39 is 0 Å². The molecule has 1 fully saturated rings. The first kappa shape index (κ1) is 14.3. The lowest BCUT2D eigenvalue weighted by atomic mass is 9.89. The molecule has 96 valence electrons. The van der Waals surface area contributed by atoms with Crippen LogP contribution in [0, 0.1) is 0 Å². The summed E-state index contributed by atoms with van der Waals surface area (Å²) < 4.78 is 0. The van der Waals surface area contributed by atoms with Gasteiger partial charge in [-0.2, -0.15) is 11.8 Å². The predicted molar refractivity (Wildman–Crippen MR) is 71.9 cm³/mol. The number of nitrogens with one attached hydrogen (secondary N) is 1. The molecule has 1 saturated heterocycles. The van der Waals surface area contributed by atoms with E-state index in [2.05, 4.69) is 12.2 Å². The Morgan fingerprint density at radius 2 is 2.25 bits per heavy atom. The van der Waals surface area contributed by atoms with Crippen LogP contribution >= 0.6 is 11.8 Å². The molecule has 1 heterocycles. The molecule has 0 aromatic rings. The summed E-state index contributed by atoms with van der Waals surface area (Å²) in [6.45, 7) is 4.37. The molecule has 4 heteroatoms. The third-order valence-corrected chi connectivity index (χ3v) is 5.07. The Labute approximate surface area is 104 Å². The van der Waals surface area contributed by atoms with Crippen molar-refractivity contribution in [2.75, 3.05) is 25.4 Å². The van der Waals surface area contributed by atoms with Gasteiger partial charge in [0.05, 0.1) is 0 Å². The molecule has 1 rings (SSSR count). The van der Waals surface area contributed by atoms with Crippen LogP contribution in [0.15, 0.2) is 0 Å². The molecule has 0 aliphatic carbocycles. The number of thioether (sulfide) groups is 1. The normalized spacial score (nSPS) is 30.6. The minimum absolute atomic E-state index is 0.155. The van der Waals surface area contributed by atoms with E-state index in [-0.39, 0.29) is 5.54 Å². The van der Waals surface area contributed by atoms with E-state index in [0.29, 0.717) is 11.9 Å². The highest BCUT2D eigenvalue weighted by Crippen LogP contribution is 2.33. The van der Waals surface area contributed by atoms with Gasteiger partial charge in [0.2, 0.25) is 0 Å². The Morgan fingerprint density at radius 1 is 1.44 bits per heavy atom. The van der Waals surface area contributed by atoms with Crippen molar-refractivity contribution < 1.29 is 5.11 Å². The van der Waals surface area contributed by atoms with Crippen LogP contribution in [0.5, 0.6) is 0 Å². The minimum atomic E-state index is 0.155. The molecule has 0 radical (unpaired) electrons. The van der Waals surface area contributed by atoms with E-state index in [1.54, 1.807) is 0 Å². The molecule has 0 amide bonds. The molecule has 1 aliphatic rings. The standard InChI is InChI=1S/C12H26N2OS/c1-11-12(10-13,6-5-9-16-11)14-7-3-2-4-8-15/h11,14-15H,2-10,13H2,1H3. The van der Waals surface area contributed by atoms with Crippen molar-refractivity contribution in [3.8, 4) is 0 Å². The molecular weight excluding hydrogens is 220 g/mol. The van der Waals surface area contributed by atoms with Crippen LogP contribution in [-0.2, 0) is 0 Å². The lowest BCUT2D eigenvalue weighted by Crippen LogP contribution is -2.59. The van der Waals surface area contributed by atoms with Gasteiger partial charge in [-0.25, -0.2) is 0 Å². The summed E-state index contributed by atoms with van der Waals surface area (Å²) >= 11 is 2.04. The average Bonchev–Trinajstić information content (AvgIpc) is 2.31. The highest BCUT2D eigenvalue weighted by Gasteiger charge is 2.36. The van der Waals surface area contributed by atoms with Gasteiger partial charge in [-0.3, -0.25) is 0 Å². The first-order valence-corrected chi connectivity index (χ1v) is 7.47. The smallest absolute Gasteiger partial charge is 0.0431 e. The topological polar surface area (TPSA) is 58.3 Å². The van der Waals surface area contributed by atoms with E-state index in [0.717, 1.165) is 32.4 Å². The van der Waals surface area contributed by atoms with E-state index in [1.807, 2.05) is 11.8 Å². The van der Waals surface area contributed by atoms with Crippen LogP contribution in [-0.4, -0.2) is 41.3 Å². The fourth-order valence-corrected chi connectivity index (χ4v) is 3.61. The molecule has 0 bridgehead atoms. The van der Waals surface area contributed by atoms with Gasteiger partial charge in [0.1, 0.15) is 0 Å². The lowest BCUT2D eigenvalue weighted by Gasteiger charge is -2.42. The number of rotatable bonds is 7. The van der Waals surface area contributed by atoms with Crippen molar-refractivity contribution >= 4 is 11.8 Å². The zero-order valence-electron chi connectivity index (χ0n) is 10.4. The first-order chi connectivity index (χ1) is 7.75. The van der Waals surface area contributed by atoms with Gasteiger partial charge >= 0.3 is 0 Å². The van der Waals surface area contributed by atoms with Crippen LogP contribution in [0.3, 0.4) is 0 Å². The molecule has 2 atom stereocenters. The summed E-state index contributed by atoms with van der Waals surface area (Å²) in [6, 6.07) is 0. The second kappa shape index (κ2) is 7.54. The summed E-state index contributed by atoms with van der Waals surface area (Å²) in [4.78, 5) is 0. The van der Waals surface area contributed by atoms with Crippen LogP contribution < -0.4 is 11.1 Å². The fraction of sp³-hybridized carbons (Fsp3) is 1.00. The Kier molecular flexibility index (Phi) is 6.73. The van der Waals surface area contributed by atoms with E-state index in [1.165, 1.54) is 18.6 Å². The van der Waals surface area contributed by atoms with Gasteiger partial charge < -0.3 is 16.2 Å². The molecule has 0 saturated carbocycles. The molecule has 2 unspecified atom stereocenters. The van der Waals surface area contributed by atoms with Crippen molar-refractivity contribution in [2.45, 2.75) is 49.8 Å². The molecule has 0 spiro atoms. The summed E-state index contributed by atoms with van der Waals surface area (Å²) in [5.74, 6) is 1.27. The summed E-state index contributed by atoms with van der Waals surface area (Å²) in [5.41, 5.74) is 6.11. The van der Waals surface area contributed by atoms with Crippen molar-refractivity contribution in [1.29, 1.82) is 0 Å². The Hall–Kier alpha value is 0.230. The van der Waals surface area contributed by atoms with Gasteiger partial charge in [-0.15, -0.1) is 0 Å². The maximum atomic E-state index is 8.71. The predicted octanol–water partition coefficient (Wildman–Crippen LogP) is 1.35. The Bertz CT molecular complexity index is 192. The summed E-state index contributed by atoms with van der Waals surface area (Å²) in [5, 5.41) is 13.0. The van der Waals surface area contributed by atoms with Gasteiger partial charge in [0.25, 0.3) is 0 Å². The number of aliphatic hydroxyl groups excluding tert-OH is 1. The number of nitrogens with two attached hydrogens (primary N) is 1. The molecule has 3 nitrogen and oxygen atoms in total. The van der Waals surface area contributed by atoms with Crippen LogP contribution in [0.1, 0.15) is 39.0 Å². The third-order valence-electron chi connectivity index (χ3n) is 3.59. The van der Waals surface area contributed by atoms with Gasteiger partial charge in [0.15, 0.2) is 0 Å². The minimum Gasteiger partial charge on any atom is -0.396 e. The Balaban J connectivity index is 2.29. The summed E-state index contributed by atoms with van der Waals surface area (Å²) in [7, 11) is 0. The summed E-state index contributed by atoms with van der Waals surface area (Å²) in [6.07, 6.45) is 5.64. The van der Waals surface area contributed by atoms with Crippen molar-refractivity contribution in [1.82, 2.24) is 5.32 Å². The van der Waals surface area contributed by atoms with Gasteiger partial charge in [-0.05, 0) is 44.4 Å². The number of hydrogen-bond donors (Lipinski definition) is 3. The Morgan fingerprint density at radius 3 is 2.88 bits per heavy atom. The van der Waals surface area contributed by atoms with Crippen molar-refractivity contribution in [3.05, 3.63) is 0 Å². The van der Waals surface area contributed by atoms with Gasteiger partial charge in [-0.1, -0.05) is 6.92 Å². The van der Waals surface area contributed by atoms with Crippen LogP contribution in [0.4, 0.5) is 0 Å². The lowest BCUT2D eigenvalue weighted by molar-refractivity contribution is 0.273. The number of hydrogen-bond acceptors (Lipinski definition) is 4. The maximum absolute atomic E-state index is 8.71. The quantitative estimate of drug-likeness (QED) is 0.594. The van der Waals surface area contributed by atoms with E-state index in [4.69, 9.17) is 10.8 Å².